The van der Waals surface area contributed by atoms with Crippen LogP contribution in [0.5, 0.6) is 0 Å². The van der Waals surface area contributed by atoms with E-state index in [1.807, 2.05) is 0 Å². The predicted molar refractivity (Wildman–Crippen MR) is 78.2 cm³/mol. The van der Waals surface area contributed by atoms with Gasteiger partial charge in [-0.15, -0.1) is 0 Å². The molecule has 1 fully saturated rings. The smallest absolute Gasteiger partial charge is 0.327 e. The Balaban J connectivity index is 2.78. The second kappa shape index (κ2) is 7.85. The molecule has 0 aromatic heterocycles. The van der Waals surface area contributed by atoms with Crippen molar-refractivity contribution in [1.82, 2.24) is 10.2 Å². The number of hydrogen-bond acceptors (Lipinski definition) is 4. The maximum absolute atomic E-state index is 12.3. The third kappa shape index (κ3) is 4.18. The largest absolute Gasteiger partial charge is 0.468 e. The molecule has 19 heavy (non-hydrogen) atoms. The molecule has 0 aromatic rings. The molecule has 1 N–H and O–H groups in total. The van der Waals surface area contributed by atoms with Crippen LogP contribution < -0.4 is 5.32 Å². The number of nitrogens with one attached hydrogen (secondary N) is 1. The van der Waals surface area contributed by atoms with E-state index in [1.54, 1.807) is 0 Å². The first-order valence-corrected chi connectivity index (χ1v) is 7.70. The number of esters is 1. The zero-order valence-corrected chi connectivity index (χ0v) is 13.0. The summed E-state index contributed by atoms with van der Waals surface area (Å²) < 4.78 is 5.09. The van der Waals surface area contributed by atoms with E-state index in [0.717, 1.165) is 39.0 Å². The van der Waals surface area contributed by atoms with Gasteiger partial charge in [0.25, 0.3) is 0 Å². The lowest BCUT2D eigenvalue weighted by molar-refractivity contribution is -0.150. The lowest BCUT2D eigenvalue weighted by atomic mass is 9.92. The van der Waals surface area contributed by atoms with E-state index in [9.17, 15) is 4.79 Å². The summed E-state index contributed by atoms with van der Waals surface area (Å²) in [6.07, 6.45) is 4.63. The molecule has 4 heteroatoms. The van der Waals surface area contributed by atoms with Crippen molar-refractivity contribution in [3.63, 3.8) is 0 Å². The summed E-state index contributed by atoms with van der Waals surface area (Å²) in [5, 5.41) is 3.43. The second-order valence-electron chi connectivity index (χ2n) is 5.49. The van der Waals surface area contributed by atoms with Crippen LogP contribution in [0.25, 0.3) is 0 Å². The Hall–Kier alpha value is -0.610. The first kappa shape index (κ1) is 16.4. The van der Waals surface area contributed by atoms with Crippen molar-refractivity contribution in [1.29, 1.82) is 0 Å². The molecule has 0 saturated heterocycles. The van der Waals surface area contributed by atoms with Crippen LogP contribution in [0.3, 0.4) is 0 Å². The van der Waals surface area contributed by atoms with Crippen molar-refractivity contribution in [2.24, 2.45) is 5.92 Å². The minimum absolute atomic E-state index is 0.0909. The van der Waals surface area contributed by atoms with Crippen molar-refractivity contribution in [2.75, 3.05) is 33.3 Å². The van der Waals surface area contributed by atoms with Crippen LogP contribution >= 0.6 is 0 Å². The topological polar surface area (TPSA) is 41.6 Å². The van der Waals surface area contributed by atoms with Gasteiger partial charge in [0.05, 0.1) is 7.11 Å². The van der Waals surface area contributed by atoms with Crippen LogP contribution in [0.1, 0.15) is 46.5 Å². The van der Waals surface area contributed by atoms with Gasteiger partial charge in [0.2, 0.25) is 0 Å². The van der Waals surface area contributed by atoms with Crippen LogP contribution in [0.2, 0.25) is 0 Å². The van der Waals surface area contributed by atoms with Gasteiger partial charge in [-0.2, -0.15) is 0 Å². The summed E-state index contributed by atoms with van der Waals surface area (Å²) >= 11 is 0. The van der Waals surface area contributed by atoms with E-state index in [0.29, 0.717) is 5.92 Å². The van der Waals surface area contributed by atoms with Crippen LogP contribution in [0.15, 0.2) is 0 Å². The summed E-state index contributed by atoms with van der Waals surface area (Å²) in [4.78, 5) is 14.7. The predicted octanol–water partition coefficient (Wildman–Crippen LogP) is 2.04. The molecule has 0 bridgehead atoms. The van der Waals surface area contributed by atoms with Crippen molar-refractivity contribution in [2.45, 2.75) is 52.0 Å². The van der Waals surface area contributed by atoms with Gasteiger partial charge in [0.1, 0.15) is 5.54 Å². The number of carbonyl (C=O) groups excluding carboxylic acids is 1. The highest BCUT2D eigenvalue weighted by molar-refractivity contribution is 5.82. The molecule has 1 saturated carbocycles. The zero-order valence-electron chi connectivity index (χ0n) is 13.0. The molecule has 1 rings (SSSR count). The molecule has 0 spiro atoms. The van der Waals surface area contributed by atoms with E-state index in [2.05, 4.69) is 31.0 Å². The molecule has 1 aliphatic rings. The van der Waals surface area contributed by atoms with E-state index < -0.39 is 5.54 Å². The van der Waals surface area contributed by atoms with E-state index in [4.69, 9.17) is 4.74 Å². The van der Waals surface area contributed by atoms with Crippen LogP contribution in [-0.4, -0.2) is 49.7 Å². The van der Waals surface area contributed by atoms with Gasteiger partial charge in [-0.05, 0) is 44.8 Å². The van der Waals surface area contributed by atoms with Gasteiger partial charge >= 0.3 is 5.97 Å². The number of rotatable bonds is 10. The average Bonchev–Trinajstić information content (AvgIpc) is 3.26. The summed E-state index contributed by atoms with van der Waals surface area (Å²) in [5.74, 6) is 0.349. The number of carbonyl (C=O) groups is 1. The summed E-state index contributed by atoms with van der Waals surface area (Å²) in [5.41, 5.74) is -0.493. The molecule has 1 unspecified atom stereocenters. The average molecular weight is 270 g/mol. The molecule has 4 nitrogen and oxygen atoms in total. The number of hydrogen-bond donors (Lipinski definition) is 1. The van der Waals surface area contributed by atoms with Crippen molar-refractivity contribution < 1.29 is 9.53 Å². The lowest BCUT2D eigenvalue weighted by Gasteiger charge is -2.36. The molecule has 112 valence electrons. The Labute approximate surface area is 117 Å². The van der Waals surface area contributed by atoms with Crippen LogP contribution in [0.4, 0.5) is 0 Å². The fourth-order valence-electron chi connectivity index (χ4n) is 2.79. The molecule has 0 amide bonds. The molecular formula is C15H30N2O2. The Kier molecular flexibility index (Phi) is 6.80. The van der Waals surface area contributed by atoms with Crippen molar-refractivity contribution in [3.05, 3.63) is 0 Å². The fraction of sp³-hybridized carbons (Fsp3) is 0.933. The van der Waals surface area contributed by atoms with Gasteiger partial charge in [-0.3, -0.25) is 0 Å². The first-order valence-electron chi connectivity index (χ1n) is 7.70. The van der Waals surface area contributed by atoms with Gasteiger partial charge in [0.15, 0.2) is 0 Å². The number of unbranched alkanes of at least 4 members (excludes halogenated alkanes) is 1. The number of likely N-dealkylation sites (N-methyl/N-ethyl adjacent to an activating group) is 2. The summed E-state index contributed by atoms with van der Waals surface area (Å²) in [7, 11) is 1.50. The Bertz CT molecular complexity index is 279. The molecule has 1 atom stereocenters. The number of nitrogens with zero attached hydrogens (tertiary/aromatic N) is 1. The molecule has 0 heterocycles. The minimum Gasteiger partial charge on any atom is -0.468 e. The summed E-state index contributed by atoms with van der Waals surface area (Å²) in [6.45, 7) is 10.0. The van der Waals surface area contributed by atoms with E-state index in [1.165, 1.54) is 20.0 Å². The Morgan fingerprint density at radius 2 is 2.05 bits per heavy atom. The standard InChI is InChI=1S/C15H30N2O2/c1-5-8-11-17(7-3)12-15(16-6-2,13-9-10-13)14(18)19-4/h13,16H,5-12H2,1-4H3. The van der Waals surface area contributed by atoms with Gasteiger partial charge in [0, 0.05) is 6.54 Å². The van der Waals surface area contributed by atoms with Gasteiger partial charge < -0.3 is 15.0 Å². The second-order valence-corrected chi connectivity index (χ2v) is 5.49. The van der Waals surface area contributed by atoms with E-state index >= 15 is 0 Å². The summed E-state index contributed by atoms with van der Waals surface area (Å²) in [6, 6.07) is 0. The van der Waals surface area contributed by atoms with Gasteiger partial charge in [-0.1, -0.05) is 27.2 Å². The monoisotopic (exact) mass is 270 g/mol. The molecule has 0 aromatic carbocycles. The third-order valence-electron chi connectivity index (χ3n) is 4.06. The Morgan fingerprint density at radius 1 is 1.37 bits per heavy atom. The third-order valence-corrected chi connectivity index (χ3v) is 4.06. The first-order chi connectivity index (χ1) is 9.14. The fourth-order valence-corrected chi connectivity index (χ4v) is 2.79. The maximum atomic E-state index is 12.3. The SMILES string of the molecule is CCCCN(CC)CC(NCC)(C(=O)OC)C1CC1. The molecule has 0 aliphatic heterocycles. The zero-order chi connectivity index (χ0) is 14.3. The number of ether oxygens (including phenoxy) is 1. The van der Waals surface area contributed by atoms with Crippen molar-refractivity contribution in [3.8, 4) is 0 Å². The Morgan fingerprint density at radius 3 is 2.47 bits per heavy atom. The molecule has 0 radical (unpaired) electrons. The highest BCUT2D eigenvalue weighted by Gasteiger charge is 2.52. The normalized spacial score (nSPS) is 18.4. The van der Waals surface area contributed by atoms with E-state index in [-0.39, 0.29) is 5.97 Å². The van der Waals surface area contributed by atoms with Gasteiger partial charge in [-0.25, -0.2) is 4.79 Å². The maximum Gasteiger partial charge on any atom is 0.327 e. The van der Waals surface area contributed by atoms with Crippen LogP contribution in [0, 0.1) is 5.92 Å². The van der Waals surface area contributed by atoms with Crippen molar-refractivity contribution >= 4 is 5.97 Å². The quantitative estimate of drug-likeness (QED) is 0.617. The molecule has 1 aliphatic carbocycles. The molecular weight excluding hydrogens is 240 g/mol. The number of methoxy groups -OCH3 is 1. The lowest BCUT2D eigenvalue weighted by Crippen LogP contribution is -2.61. The highest BCUT2D eigenvalue weighted by Crippen LogP contribution is 2.41. The highest BCUT2D eigenvalue weighted by atomic mass is 16.5. The van der Waals surface area contributed by atoms with Crippen LogP contribution in [-0.2, 0) is 9.53 Å². The minimum atomic E-state index is -0.493.